The highest BCUT2D eigenvalue weighted by Crippen LogP contribution is 2.29. The van der Waals surface area contributed by atoms with Crippen LogP contribution in [0.3, 0.4) is 0 Å². The Labute approximate surface area is 128 Å². The molecule has 0 amide bonds. The van der Waals surface area contributed by atoms with Crippen molar-refractivity contribution in [1.82, 2.24) is 0 Å². The smallest absolute Gasteiger partial charge is 0.0835 e. The van der Waals surface area contributed by atoms with Crippen molar-refractivity contribution in [3.8, 4) is 0 Å². The monoisotopic (exact) mass is 336 g/mol. The molecule has 1 atom stereocenters. The highest BCUT2D eigenvalue weighted by molar-refractivity contribution is 9.10. The average Bonchev–Trinajstić information content (AvgIpc) is 2.39. The highest BCUT2D eigenvalue weighted by Gasteiger charge is 2.10. The summed E-state index contributed by atoms with van der Waals surface area (Å²) >= 11 is 9.97. The Kier molecular flexibility index (Phi) is 5.06. The molecule has 100 valence electrons. The molecule has 0 saturated carbocycles. The summed E-state index contributed by atoms with van der Waals surface area (Å²) < 4.78 is 1.08. The van der Waals surface area contributed by atoms with Crippen LogP contribution in [0.15, 0.2) is 53.0 Å². The summed E-state index contributed by atoms with van der Waals surface area (Å²) in [4.78, 5) is 0. The molecule has 0 aliphatic carbocycles. The minimum Gasteiger partial charge on any atom is -0.113 e. The molecule has 0 fully saturated rings. The summed E-state index contributed by atoms with van der Waals surface area (Å²) in [5.41, 5.74) is 3.65. The van der Waals surface area contributed by atoms with Crippen molar-refractivity contribution in [2.45, 2.75) is 25.6 Å². The first-order valence-corrected chi connectivity index (χ1v) is 7.77. The van der Waals surface area contributed by atoms with Crippen molar-refractivity contribution in [3.63, 3.8) is 0 Å². The second kappa shape index (κ2) is 6.58. The summed E-state index contributed by atoms with van der Waals surface area (Å²) in [5, 5.41) is -0.0822. The Bertz CT molecular complexity index is 514. The number of hydrogen-bond donors (Lipinski definition) is 0. The normalized spacial score (nSPS) is 12.7. The Morgan fingerprint density at radius 2 is 1.37 bits per heavy atom. The molecule has 0 aromatic heterocycles. The molecule has 0 heterocycles. The fourth-order valence-electron chi connectivity index (χ4n) is 2.12. The lowest BCUT2D eigenvalue weighted by Crippen LogP contribution is -1.96. The topological polar surface area (TPSA) is 0 Å². The van der Waals surface area contributed by atoms with E-state index in [4.69, 9.17) is 11.6 Å². The summed E-state index contributed by atoms with van der Waals surface area (Å²) in [5.74, 6) is 0.684. The first-order chi connectivity index (χ1) is 9.06. The molecule has 19 heavy (non-hydrogen) atoms. The Morgan fingerprint density at radius 1 is 0.895 bits per heavy atom. The fraction of sp³-hybridized carbons (Fsp3) is 0.294. The first kappa shape index (κ1) is 14.6. The van der Waals surface area contributed by atoms with Crippen molar-refractivity contribution >= 4 is 27.5 Å². The molecule has 0 nitrogen and oxygen atoms in total. The highest BCUT2D eigenvalue weighted by atomic mass is 79.9. The molecule has 2 heteroatoms. The van der Waals surface area contributed by atoms with E-state index in [2.05, 4.69) is 66.2 Å². The number of alkyl halides is 1. The molecule has 0 bridgehead atoms. The maximum atomic E-state index is 6.53. The van der Waals surface area contributed by atoms with Crippen molar-refractivity contribution in [2.24, 2.45) is 5.92 Å². The fourth-order valence-corrected chi connectivity index (χ4v) is 2.67. The van der Waals surface area contributed by atoms with E-state index in [1.165, 1.54) is 5.56 Å². The van der Waals surface area contributed by atoms with Gasteiger partial charge in [0.25, 0.3) is 0 Å². The van der Waals surface area contributed by atoms with Crippen LogP contribution in [0.4, 0.5) is 0 Å². The van der Waals surface area contributed by atoms with E-state index in [0.717, 1.165) is 22.0 Å². The van der Waals surface area contributed by atoms with Crippen molar-refractivity contribution in [1.29, 1.82) is 0 Å². The molecule has 0 radical (unpaired) electrons. The van der Waals surface area contributed by atoms with Crippen LogP contribution in [0.25, 0.3) is 0 Å². The van der Waals surface area contributed by atoms with E-state index in [1.807, 2.05) is 12.1 Å². The lowest BCUT2D eigenvalue weighted by molar-refractivity contribution is 0.647. The summed E-state index contributed by atoms with van der Waals surface area (Å²) in [6.45, 7) is 4.47. The molecule has 1 unspecified atom stereocenters. The van der Waals surface area contributed by atoms with Gasteiger partial charge in [0.05, 0.1) is 5.38 Å². The minimum atomic E-state index is -0.0822. The summed E-state index contributed by atoms with van der Waals surface area (Å²) in [6, 6.07) is 16.8. The van der Waals surface area contributed by atoms with Gasteiger partial charge in [-0.2, -0.15) is 0 Å². The molecule has 2 rings (SSSR count). The van der Waals surface area contributed by atoms with Crippen LogP contribution in [-0.2, 0) is 6.42 Å². The standard InChI is InChI=1S/C17H18BrCl/c1-12(2)11-13-3-5-14(6-4-13)17(19)15-7-9-16(18)10-8-15/h3-10,12,17H,11H2,1-2H3. The predicted molar refractivity (Wildman–Crippen MR) is 86.8 cm³/mol. The lowest BCUT2D eigenvalue weighted by Gasteiger charge is -2.12. The van der Waals surface area contributed by atoms with E-state index in [9.17, 15) is 0 Å². The minimum absolute atomic E-state index is 0.0822. The predicted octanol–water partition coefficient (Wildman–Crippen LogP) is 5.98. The number of rotatable bonds is 4. The largest absolute Gasteiger partial charge is 0.113 e. The molecule has 0 aliphatic rings. The Hall–Kier alpha value is -0.790. The molecule has 0 saturated heterocycles. The van der Waals surface area contributed by atoms with E-state index >= 15 is 0 Å². The molecule has 0 spiro atoms. The zero-order valence-corrected chi connectivity index (χ0v) is 13.6. The second-order valence-corrected chi connectivity index (χ2v) is 6.61. The van der Waals surface area contributed by atoms with Gasteiger partial charge in [0.2, 0.25) is 0 Å². The van der Waals surface area contributed by atoms with Crippen LogP contribution in [-0.4, -0.2) is 0 Å². The zero-order valence-electron chi connectivity index (χ0n) is 11.2. The summed E-state index contributed by atoms with van der Waals surface area (Å²) in [6.07, 6.45) is 1.12. The molecule has 2 aromatic carbocycles. The second-order valence-electron chi connectivity index (χ2n) is 5.25. The van der Waals surface area contributed by atoms with Gasteiger partial charge in [0.1, 0.15) is 0 Å². The molecular weight excluding hydrogens is 320 g/mol. The molecule has 0 aliphatic heterocycles. The number of benzene rings is 2. The van der Waals surface area contributed by atoms with E-state index in [-0.39, 0.29) is 5.38 Å². The van der Waals surface area contributed by atoms with E-state index in [0.29, 0.717) is 5.92 Å². The molecule has 2 aromatic rings. The van der Waals surface area contributed by atoms with Gasteiger partial charge < -0.3 is 0 Å². The van der Waals surface area contributed by atoms with E-state index < -0.39 is 0 Å². The third kappa shape index (κ3) is 4.09. The number of halogens is 2. The van der Waals surface area contributed by atoms with Gasteiger partial charge in [-0.15, -0.1) is 11.6 Å². The third-order valence-corrected chi connectivity index (χ3v) is 4.11. The quantitative estimate of drug-likeness (QED) is 0.602. The maximum absolute atomic E-state index is 6.53. The van der Waals surface area contributed by atoms with Crippen molar-refractivity contribution in [2.75, 3.05) is 0 Å². The van der Waals surface area contributed by atoms with Crippen molar-refractivity contribution < 1.29 is 0 Å². The van der Waals surface area contributed by atoms with Crippen LogP contribution in [0.1, 0.15) is 35.9 Å². The van der Waals surface area contributed by atoms with Crippen LogP contribution in [0, 0.1) is 5.92 Å². The Morgan fingerprint density at radius 3 is 1.84 bits per heavy atom. The first-order valence-electron chi connectivity index (χ1n) is 6.54. The van der Waals surface area contributed by atoms with Gasteiger partial charge in [-0.3, -0.25) is 0 Å². The van der Waals surface area contributed by atoms with Crippen LogP contribution < -0.4 is 0 Å². The maximum Gasteiger partial charge on any atom is 0.0835 e. The van der Waals surface area contributed by atoms with Gasteiger partial charge in [0.15, 0.2) is 0 Å². The van der Waals surface area contributed by atoms with Gasteiger partial charge in [-0.25, -0.2) is 0 Å². The van der Waals surface area contributed by atoms with Crippen LogP contribution >= 0.6 is 27.5 Å². The van der Waals surface area contributed by atoms with Crippen molar-refractivity contribution in [3.05, 3.63) is 69.7 Å². The average molecular weight is 338 g/mol. The molecule has 0 N–H and O–H groups in total. The van der Waals surface area contributed by atoms with Gasteiger partial charge in [-0.1, -0.05) is 66.2 Å². The summed E-state index contributed by atoms with van der Waals surface area (Å²) in [7, 11) is 0. The van der Waals surface area contributed by atoms with Crippen LogP contribution in [0.5, 0.6) is 0 Å². The Balaban J connectivity index is 2.15. The number of hydrogen-bond acceptors (Lipinski definition) is 0. The van der Waals surface area contributed by atoms with Gasteiger partial charge in [-0.05, 0) is 41.2 Å². The van der Waals surface area contributed by atoms with Gasteiger partial charge in [0, 0.05) is 4.47 Å². The van der Waals surface area contributed by atoms with E-state index in [1.54, 1.807) is 0 Å². The van der Waals surface area contributed by atoms with Crippen LogP contribution in [0.2, 0.25) is 0 Å². The SMILES string of the molecule is CC(C)Cc1ccc(C(Cl)c2ccc(Br)cc2)cc1. The third-order valence-electron chi connectivity index (χ3n) is 3.08. The lowest BCUT2D eigenvalue weighted by atomic mass is 9.99. The molecular formula is C17H18BrCl. The van der Waals surface area contributed by atoms with Gasteiger partial charge >= 0.3 is 0 Å². The zero-order chi connectivity index (χ0) is 13.8.